The summed E-state index contributed by atoms with van der Waals surface area (Å²) in [5.41, 5.74) is 1.24. The molecule has 0 aliphatic carbocycles. The number of hydrogen-bond donors (Lipinski definition) is 0. The van der Waals surface area contributed by atoms with Gasteiger partial charge in [0.1, 0.15) is 5.75 Å². The zero-order valence-corrected chi connectivity index (χ0v) is 11.2. The molecule has 1 aromatic rings. The van der Waals surface area contributed by atoms with E-state index < -0.39 is 0 Å². The third-order valence-corrected chi connectivity index (χ3v) is 3.96. The van der Waals surface area contributed by atoms with Crippen LogP contribution in [0.2, 0.25) is 0 Å². The lowest BCUT2D eigenvalue weighted by Gasteiger charge is -2.16. The van der Waals surface area contributed by atoms with E-state index in [2.05, 4.69) is 12.1 Å². The molecule has 2 aliphatic heterocycles. The number of methoxy groups -OCH3 is 1. The summed E-state index contributed by atoms with van der Waals surface area (Å²) in [6, 6.07) is 8.03. The fourth-order valence-corrected chi connectivity index (χ4v) is 2.65. The Hall–Kier alpha value is -1.55. The van der Waals surface area contributed by atoms with Gasteiger partial charge >= 0.3 is 0 Å². The molecule has 19 heavy (non-hydrogen) atoms. The fourth-order valence-electron chi connectivity index (χ4n) is 2.65. The molecule has 0 radical (unpaired) electrons. The minimum Gasteiger partial charge on any atom is -0.497 e. The summed E-state index contributed by atoms with van der Waals surface area (Å²) in [5, 5.41) is 0. The SMILES string of the molecule is COc1ccc(CCN2C[C@H]([C@@H]3CO3)CC2=O)cc1. The first kappa shape index (κ1) is 12.5. The van der Waals surface area contributed by atoms with Crippen LogP contribution < -0.4 is 4.74 Å². The Kier molecular flexibility index (Phi) is 3.42. The van der Waals surface area contributed by atoms with Crippen molar-refractivity contribution in [2.45, 2.75) is 18.9 Å². The standard InChI is InChI=1S/C15H19NO3/c1-18-13-4-2-11(3-5-13)6-7-16-9-12(8-15(16)17)14-10-19-14/h2-5,12,14H,6-10H2,1H3/t12-,14+/m1/s1. The zero-order chi connectivity index (χ0) is 13.2. The van der Waals surface area contributed by atoms with Gasteiger partial charge in [-0.2, -0.15) is 0 Å². The smallest absolute Gasteiger partial charge is 0.223 e. The fraction of sp³-hybridized carbons (Fsp3) is 0.533. The van der Waals surface area contributed by atoms with Crippen molar-refractivity contribution in [2.24, 2.45) is 5.92 Å². The molecule has 0 unspecified atom stereocenters. The molecule has 2 atom stereocenters. The molecule has 4 nitrogen and oxygen atoms in total. The number of carbonyl (C=O) groups is 1. The summed E-state index contributed by atoms with van der Waals surface area (Å²) in [5.74, 6) is 1.56. The van der Waals surface area contributed by atoms with Gasteiger partial charge in [-0.15, -0.1) is 0 Å². The van der Waals surface area contributed by atoms with Gasteiger partial charge in [0.25, 0.3) is 0 Å². The molecule has 3 rings (SSSR count). The number of benzene rings is 1. The van der Waals surface area contributed by atoms with Crippen LogP contribution in [-0.4, -0.2) is 43.7 Å². The maximum atomic E-state index is 11.9. The number of nitrogens with zero attached hydrogens (tertiary/aromatic N) is 1. The molecular formula is C15H19NO3. The first-order valence-corrected chi connectivity index (χ1v) is 6.78. The highest BCUT2D eigenvalue weighted by atomic mass is 16.6. The van der Waals surface area contributed by atoms with Crippen molar-refractivity contribution >= 4 is 5.91 Å². The maximum Gasteiger partial charge on any atom is 0.223 e. The van der Waals surface area contributed by atoms with Crippen molar-refractivity contribution in [3.63, 3.8) is 0 Å². The maximum absolute atomic E-state index is 11.9. The van der Waals surface area contributed by atoms with Crippen molar-refractivity contribution in [1.82, 2.24) is 4.90 Å². The summed E-state index contributed by atoms with van der Waals surface area (Å²) in [6.07, 6.45) is 1.90. The zero-order valence-electron chi connectivity index (χ0n) is 11.2. The monoisotopic (exact) mass is 261 g/mol. The Labute approximate surface area is 113 Å². The van der Waals surface area contributed by atoms with Crippen molar-refractivity contribution in [2.75, 3.05) is 26.8 Å². The number of carbonyl (C=O) groups excluding carboxylic acids is 1. The van der Waals surface area contributed by atoms with Crippen LogP contribution in [0.3, 0.4) is 0 Å². The third kappa shape index (κ3) is 2.89. The predicted octanol–water partition coefficient (Wildman–Crippen LogP) is 1.48. The number of rotatable bonds is 5. The molecule has 0 saturated carbocycles. The molecule has 1 aromatic carbocycles. The van der Waals surface area contributed by atoms with Gasteiger partial charge in [-0.25, -0.2) is 0 Å². The van der Waals surface area contributed by atoms with Crippen LogP contribution in [0.5, 0.6) is 5.75 Å². The van der Waals surface area contributed by atoms with E-state index in [4.69, 9.17) is 9.47 Å². The van der Waals surface area contributed by atoms with Crippen molar-refractivity contribution in [3.8, 4) is 5.75 Å². The normalized spacial score (nSPS) is 25.7. The molecule has 2 saturated heterocycles. The van der Waals surface area contributed by atoms with Crippen LogP contribution in [0.4, 0.5) is 0 Å². The average Bonchev–Trinajstić information content (AvgIpc) is 3.22. The second-order valence-electron chi connectivity index (χ2n) is 5.27. The summed E-state index contributed by atoms with van der Waals surface area (Å²) >= 11 is 0. The number of amides is 1. The van der Waals surface area contributed by atoms with Crippen molar-refractivity contribution in [3.05, 3.63) is 29.8 Å². The van der Waals surface area contributed by atoms with E-state index in [0.717, 1.165) is 31.9 Å². The number of epoxide rings is 1. The first-order valence-electron chi connectivity index (χ1n) is 6.78. The van der Waals surface area contributed by atoms with E-state index in [1.54, 1.807) is 7.11 Å². The van der Waals surface area contributed by atoms with Crippen LogP contribution >= 0.6 is 0 Å². The van der Waals surface area contributed by atoms with Crippen LogP contribution in [0.25, 0.3) is 0 Å². The van der Waals surface area contributed by atoms with Gasteiger partial charge in [-0.1, -0.05) is 12.1 Å². The number of hydrogen-bond acceptors (Lipinski definition) is 3. The predicted molar refractivity (Wildman–Crippen MR) is 71.1 cm³/mol. The summed E-state index contributed by atoms with van der Waals surface area (Å²) < 4.78 is 10.4. The highest BCUT2D eigenvalue weighted by molar-refractivity contribution is 5.78. The molecule has 2 aliphatic rings. The molecule has 2 fully saturated rings. The largest absolute Gasteiger partial charge is 0.497 e. The van der Waals surface area contributed by atoms with E-state index in [0.29, 0.717) is 18.4 Å². The van der Waals surface area contributed by atoms with Gasteiger partial charge in [0.05, 0.1) is 19.8 Å². The summed E-state index contributed by atoms with van der Waals surface area (Å²) in [6.45, 7) is 2.50. The van der Waals surface area contributed by atoms with Gasteiger partial charge in [-0.05, 0) is 24.1 Å². The second kappa shape index (κ2) is 5.21. The lowest BCUT2D eigenvalue weighted by atomic mass is 10.1. The lowest BCUT2D eigenvalue weighted by molar-refractivity contribution is -0.127. The van der Waals surface area contributed by atoms with Gasteiger partial charge in [-0.3, -0.25) is 4.79 Å². The van der Waals surface area contributed by atoms with E-state index in [1.807, 2.05) is 17.0 Å². The Morgan fingerprint density at radius 2 is 2.11 bits per heavy atom. The van der Waals surface area contributed by atoms with E-state index in [-0.39, 0.29) is 5.91 Å². The molecule has 102 valence electrons. The Morgan fingerprint density at radius 3 is 2.74 bits per heavy atom. The molecule has 4 heteroatoms. The second-order valence-corrected chi connectivity index (χ2v) is 5.27. The molecule has 0 spiro atoms. The van der Waals surface area contributed by atoms with Crippen LogP contribution in [0, 0.1) is 5.92 Å². The van der Waals surface area contributed by atoms with Gasteiger partial charge in [0, 0.05) is 25.4 Å². The molecule has 0 bridgehead atoms. The highest BCUT2D eigenvalue weighted by Gasteiger charge is 2.40. The molecular weight excluding hydrogens is 242 g/mol. The topological polar surface area (TPSA) is 42.1 Å². The number of likely N-dealkylation sites (tertiary alicyclic amines) is 1. The van der Waals surface area contributed by atoms with E-state index in [1.165, 1.54) is 5.56 Å². The van der Waals surface area contributed by atoms with Gasteiger partial charge in [0.2, 0.25) is 5.91 Å². The minimum atomic E-state index is 0.272. The third-order valence-electron chi connectivity index (χ3n) is 3.96. The molecule has 1 amide bonds. The lowest BCUT2D eigenvalue weighted by Crippen LogP contribution is -2.28. The van der Waals surface area contributed by atoms with Crippen LogP contribution in [0.1, 0.15) is 12.0 Å². The first-order chi connectivity index (χ1) is 9.26. The van der Waals surface area contributed by atoms with Crippen LogP contribution in [0.15, 0.2) is 24.3 Å². The summed E-state index contributed by atoms with van der Waals surface area (Å²) in [4.78, 5) is 13.9. The van der Waals surface area contributed by atoms with Crippen molar-refractivity contribution in [1.29, 1.82) is 0 Å². The number of ether oxygens (including phenoxy) is 2. The average molecular weight is 261 g/mol. The van der Waals surface area contributed by atoms with Gasteiger partial charge in [0.15, 0.2) is 0 Å². The molecule has 0 aromatic heterocycles. The Bertz CT molecular complexity index is 453. The minimum absolute atomic E-state index is 0.272. The van der Waals surface area contributed by atoms with Crippen molar-refractivity contribution < 1.29 is 14.3 Å². The Balaban J connectivity index is 1.52. The highest BCUT2D eigenvalue weighted by Crippen LogP contribution is 2.29. The molecule has 2 heterocycles. The van der Waals surface area contributed by atoms with Gasteiger partial charge < -0.3 is 14.4 Å². The summed E-state index contributed by atoms with van der Waals surface area (Å²) in [7, 11) is 1.66. The van der Waals surface area contributed by atoms with Crippen LogP contribution in [-0.2, 0) is 16.0 Å². The van der Waals surface area contributed by atoms with E-state index >= 15 is 0 Å². The van der Waals surface area contributed by atoms with E-state index in [9.17, 15) is 4.79 Å². The quantitative estimate of drug-likeness (QED) is 0.754. The molecule has 0 N–H and O–H groups in total. The Morgan fingerprint density at radius 1 is 1.37 bits per heavy atom.